The molecule has 2 aromatic carbocycles. The van der Waals surface area contributed by atoms with Gasteiger partial charge in [0.25, 0.3) is 11.2 Å². The number of benzene rings is 2. The number of hydrogen-bond acceptors (Lipinski definition) is 5. The van der Waals surface area contributed by atoms with Gasteiger partial charge in [-0.05, 0) is 12.1 Å². The van der Waals surface area contributed by atoms with Crippen LogP contribution in [0.4, 0.5) is 5.69 Å². The molecule has 0 unspecified atom stereocenters. The Labute approximate surface area is 139 Å². The van der Waals surface area contributed by atoms with Crippen LogP contribution in [0.25, 0.3) is 5.69 Å². The van der Waals surface area contributed by atoms with Crippen molar-refractivity contribution in [1.82, 2.24) is 9.78 Å². The Balaban J connectivity index is 1.90. The fourth-order valence-corrected chi connectivity index (χ4v) is 2.87. The van der Waals surface area contributed by atoms with Crippen LogP contribution >= 0.6 is 0 Å². The fraction of sp³-hybridized carbons (Fsp3) is 0. The zero-order chi connectivity index (χ0) is 17.7. The SMILES string of the molecule is O=C1c2ccccc2C(=O)c2c1[nH]n(-c1ccc([N+](=O)[O-])cc1)c2=O. The van der Waals surface area contributed by atoms with E-state index in [1.165, 1.54) is 36.4 Å². The molecule has 1 aromatic heterocycles. The van der Waals surface area contributed by atoms with Crippen LogP contribution in [-0.4, -0.2) is 26.3 Å². The number of aromatic amines is 1. The molecule has 1 N–H and O–H groups in total. The Morgan fingerprint density at radius 2 is 1.48 bits per heavy atom. The Kier molecular flexibility index (Phi) is 3.01. The summed E-state index contributed by atoms with van der Waals surface area (Å²) in [7, 11) is 0. The van der Waals surface area contributed by atoms with Gasteiger partial charge in [0.2, 0.25) is 11.6 Å². The second-order valence-corrected chi connectivity index (χ2v) is 5.48. The van der Waals surface area contributed by atoms with Crippen LogP contribution in [-0.2, 0) is 0 Å². The molecule has 8 heteroatoms. The number of nitro benzene ring substituents is 1. The molecule has 0 spiro atoms. The predicted molar refractivity (Wildman–Crippen MR) is 86.4 cm³/mol. The highest BCUT2D eigenvalue weighted by Gasteiger charge is 2.34. The third-order valence-corrected chi connectivity index (χ3v) is 4.08. The lowest BCUT2D eigenvalue weighted by Crippen LogP contribution is -2.25. The van der Waals surface area contributed by atoms with Gasteiger partial charge in [-0.2, -0.15) is 0 Å². The van der Waals surface area contributed by atoms with E-state index in [2.05, 4.69) is 5.10 Å². The van der Waals surface area contributed by atoms with Gasteiger partial charge in [-0.25, -0.2) is 4.68 Å². The van der Waals surface area contributed by atoms with Gasteiger partial charge in [-0.3, -0.25) is 29.6 Å². The van der Waals surface area contributed by atoms with E-state index in [4.69, 9.17) is 0 Å². The van der Waals surface area contributed by atoms with E-state index >= 15 is 0 Å². The van der Waals surface area contributed by atoms with Crippen molar-refractivity contribution in [3.05, 3.63) is 91.4 Å². The average molecular weight is 335 g/mol. The molecule has 0 aliphatic heterocycles. The van der Waals surface area contributed by atoms with Crippen LogP contribution in [0.3, 0.4) is 0 Å². The minimum atomic E-state index is -0.670. The number of aromatic nitrogens is 2. The molecule has 0 amide bonds. The maximum atomic E-state index is 12.6. The van der Waals surface area contributed by atoms with Gasteiger partial charge < -0.3 is 0 Å². The molecule has 122 valence electrons. The molecule has 8 nitrogen and oxygen atoms in total. The molecule has 0 atom stereocenters. The zero-order valence-corrected chi connectivity index (χ0v) is 12.6. The van der Waals surface area contributed by atoms with Crippen LogP contribution in [0.5, 0.6) is 0 Å². The number of nitro groups is 1. The van der Waals surface area contributed by atoms with Crippen LogP contribution < -0.4 is 5.56 Å². The van der Waals surface area contributed by atoms with E-state index < -0.39 is 22.0 Å². The van der Waals surface area contributed by atoms with Crippen molar-refractivity contribution in [3.8, 4) is 5.69 Å². The van der Waals surface area contributed by atoms with Crippen molar-refractivity contribution in [1.29, 1.82) is 0 Å². The molecule has 25 heavy (non-hydrogen) atoms. The van der Waals surface area contributed by atoms with Gasteiger partial charge in [0, 0.05) is 23.3 Å². The first-order valence-corrected chi connectivity index (χ1v) is 7.27. The molecule has 0 bridgehead atoms. The third kappa shape index (κ3) is 2.04. The molecule has 0 saturated carbocycles. The number of carbonyl (C=O) groups excluding carboxylic acids is 2. The summed E-state index contributed by atoms with van der Waals surface area (Å²) >= 11 is 0. The molecule has 1 aliphatic rings. The van der Waals surface area contributed by atoms with Crippen LogP contribution in [0.2, 0.25) is 0 Å². The summed E-state index contributed by atoms with van der Waals surface area (Å²) in [5, 5.41) is 13.4. The first-order chi connectivity index (χ1) is 12.0. The summed E-state index contributed by atoms with van der Waals surface area (Å²) in [5.74, 6) is -0.963. The maximum absolute atomic E-state index is 12.6. The number of fused-ring (bicyclic) bond motifs is 2. The molecule has 0 saturated heterocycles. The van der Waals surface area contributed by atoms with E-state index in [1.807, 2.05) is 0 Å². The monoisotopic (exact) mass is 335 g/mol. The molecule has 1 heterocycles. The molecular weight excluding hydrogens is 326 g/mol. The lowest BCUT2D eigenvalue weighted by Gasteiger charge is -2.11. The minimum Gasteiger partial charge on any atom is -0.288 e. The van der Waals surface area contributed by atoms with Crippen molar-refractivity contribution in [2.75, 3.05) is 0 Å². The number of H-pyrrole nitrogens is 1. The minimum absolute atomic E-state index is 0.0768. The lowest BCUT2D eigenvalue weighted by atomic mass is 9.88. The van der Waals surface area contributed by atoms with Crippen molar-refractivity contribution in [3.63, 3.8) is 0 Å². The topological polar surface area (TPSA) is 115 Å². The van der Waals surface area contributed by atoms with Gasteiger partial charge in [-0.15, -0.1) is 0 Å². The number of ketones is 2. The second kappa shape index (κ2) is 5.10. The third-order valence-electron chi connectivity index (χ3n) is 4.08. The van der Waals surface area contributed by atoms with Gasteiger partial charge in [0.1, 0.15) is 11.3 Å². The average Bonchev–Trinajstić information content (AvgIpc) is 2.97. The molecule has 0 radical (unpaired) electrons. The van der Waals surface area contributed by atoms with Gasteiger partial charge >= 0.3 is 0 Å². The van der Waals surface area contributed by atoms with E-state index in [-0.39, 0.29) is 33.8 Å². The van der Waals surface area contributed by atoms with E-state index in [9.17, 15) is 24.5 Å². The zero-order valence-electron chi connectivity index (χ0n) is 12.6. The first-order valence-electron chi connectivity index (χ1n) is 7.27. The van der Waals surface area contributed by atoms with Gasteiger partial charge in [0.15, 0.2) is 0 Å². The van der Waals surface area contributed by atoms with E-state index in [0.717, 1.165) is 4.68 Å². The Morgan fingerprint density at radius 1 is 0.880 bits per heavy atom. The smallest absolute Gasteiger partial charge is 0.283 e. The maximum Gasteiger partial charge on any atom is 0.283 e. The fourth-order valence-electron chi connectivity index (χ4n) is 2.87. The molecule has 1 aliphatic carbocycles. The molecular formula is C17H9N3O5. The van der Waals surface area contributed by atoms with Gasteiger partial charge in [-0.1, -0.05) is 24.3 Å². The summed E-state index contributed by atoms with van der Waals surface area (Å²) in [6.45, 7) is 0. The lowest BCUT2D eigenvalue weighted by molar-refractivity contribution is -0.384. The highest BCUT2D eigenvalue weighted by molar-refractivity contribution is 6.27. The number of nitrogens with zero attached hydrogens (tertiary/aromatic N) is 2. The quantitative estimate of drug-likeness (QED) is 0.443. The normalized spacial score (nSPS) is 12.6. The summed E-state index contributed by atoms with van der Waals surface area (Å²) < 4.78 is 1.04. The van der Waals surface area contributed by atoms with E-state index in [1.54, 1.807) is 12.1 Å². The summed E-state index contributed by atoms with van der Waals surface area (Å²) in [6, 6.07) is 11.5. The summed E-state index contributed by atoms with van der Waals surface area (Å²) in [6.07, 6.45) is 0. The molecule has 0 fully saturated rings. The number of nitrogens with one attached hydrogen (secondary N) is 1. The van der Waals surface area contributed by atoms with Crippen molar-refractivity contribution in [2.24, 2.45) is 0 Å². The highest BCUT2D eigenvalue weighted by atomic mass is 16.6. The van der Waals surface area contributed by atoms with Gasteiger partial charge in [0.05, 0.1) is 10.6 Å². The molecule has 3 aromatic rings. The largest absolute Gasteiger partial charge is 0.288 e. The van der Waals surface area contributed by atoms with Crippen molar-refractivity contribution >= 4 is 17.3 Å². The second-order valence-electron chi connectivity index (χ2n) is 5.48. The number of non-ortho nitro benzene ring substituents is 1. The Morgan fingerprint density at radius 3 is 2.08 bits per heavy atom. The van der Waals surface area contributed by atoms with E-state index in [0.29, 0.717) is 0 Å². The summed E-state index contributed by atoms with van der Waals surface area (Å²) in [4.78, 5) is 47.9. The number of hydrogen-bond donors (Lipinski definition) is 1. The van der Waals surface area contributed by atoms with Crippen LogP contribution in [0.1, 0.15) is 32.0 Å². The number of carbonyl (C=O) groups is 2. The molecule has 4 rings (SSSR count). The summed E-state index contributed by atoms with van der Waals surface area (Å²) in [5.41, 5.74) is -0.391. The Hall–Kier alpha value is -3.81. The number of rotatable bonds is 2. The van der Waals surface area contributed by atoms with Crippen molar-refractivity contribution in [2.45, 2.75) is 0 Å². The first kappa shape index (κ1) is 14.8. The Bertz CT molecular complexity index is 1120. The highest BCUT2D eigenvalue weighted by Crippen LogP contribution is 2.25. The van der Waals surface area contributed by atoms with Crippen LogP contribution in [0.15, 0.2) is 53.3 Å². The van der Waals surface area contributed by atoms with Crippen molar-refractivity contribution < 1.29 is 14.5 Å². The predicted octanol–water partition coefficient (Wildman–Crippen LogP) is 1.85. The van der Waals surface area contributed by atoms with Crippen LogP contribution in [0, 0.1) is 10.1 Å². The standard InChI is InChI=1S/C17H9N3O5/c21-15-11-3-1-2-4-12(11)16(22)14-13(15)17(23)19(18-14)9-5-7-10(8-6-9)20(24)25/h1-8,18H.